The fourth-order valence-corrected chi connectivity index (χ4v) is 6.61. The number of ketones is 1. The van der Waals surface area contributed by atoms with E-state index in [1.165, 1.54) is 9.80 Å². The lowest BCUT2D eigenvalue weighted by Gasteiger charge is -2.34. The Bertz CT molecular complexity index is 1400. The van der Waals surface area contributed by atoms with Gasteiger partial charge in [0.1, 0.15) is 0 Å². The molecule has 2 aliphatic carbocycles. The van der Waals surface area contributed by atoms with Gasteiger partial charge in [-0.15, -0.1) is 0 Å². The Kier molecular flexibility index (Phi) is 8.19. The van der Waals surface area contributed by atoms with Crippen molar-refractivity contribution in [2.75, 3.05) is 26.3 Å². The minimum Gasteiger partial charge on any atom is -0.338 e. The number of hydrogen-bond donors (Lipinski definition) is 0. The zero-order chi connectivity index (χ0) is 30.0. The van der Waals surface area contributed by atoms with Crippen molar-refractivity contribution in [1.29, 1.82) is 0 Å². The van der Waals surface area contributed by atoms with E-state index >= 15 is 0 Å². The summed E-state index contributed by atoms with van der Waals surface area (Å²) in [6, 6.07) is 17.3. The van der Waals surface area contributed by atoms with Crippen LogP contribution in [0.3, 0.4) is 0 Å². The molecule has 4 atom stereocenters. The van der Waals surface area contributed by atoms with Gasteiger partial charge in [0.2, 0.25) is 29.4 Å². The zero-order valence-electron chi connectivity index (χ0n) is 23.8. The molecule has 4 amide bonds. The second-order valence-corrected chi connectivity index (χ2v) is 11.3. The zero-order valence-corrected chi connectivity index (χ0v) is 23.8. The number of ether oxygens (including phenoxy) is 2. The van der Waals surface area contributed by atoms with Crippen molar-refractivity contribution >= 4 is 29.4 Å². The van der Waals surface area contributed by atoms with Gasteiger partial charge < -0.3 is 9.47 Å². The van der Waals surface area contributed by atoms with Gasteiger partial charge in [0, 0.05) is 11.1 Å². The largest absolute Gasteiger partial charge is 0.338 e. The molecule has 0 N–H and O–H groups in total. The Hall–Kier alpha value is -4.21. The predicted molar refractivity (Wildman–Crippen MR) is 155 cm³/mol. The number of likely N-dealkylation sites (tertiary alicyclic amines) is 2. The standard InChI is InChI=1S/C34H34N2O7/c37-29(23-11-3-1-4-12-23)34(24-13-5-2-6-14-24,42-21-19-35-30(38)25-15-7-8-16-26(25)31(35)39)43-22-20-36-32(40)27-17-9-10-18-28(27)33(36)41/h1-7,9,11-15,17,25-28H,8,10,16,18-22H2. The number of imide groups is 2. The van der Waals surface area contributed by atoms with Crippen molar-refractivity contribution in [3.05, 3.63) is 96.1 Å². The van der Waals surface area contributed by atoms with Crippen LogP contribution in [0.2, 0.25) is 0 Å². The summed E-state index contributed by atoms with van der Waals surface area (Å²) < 4.78 is 12.6. The van der Waals surface area contributed by atoms with Gasteiger partial charge >= 0.3 is 0 Å². The summed E-state index contributed by atoms with van der Waals surface area (Å²) in [4.78, 5) is 68.9. The van der Waals surface area contributed by atoms with Crippen molar-refractivity contribution in [3.63, 3.8) is 0 Å². The third-order valence-electron chi connectivity index (χ3n) is 8.84. The maximum atomic E-state index is 14.2. The molecule has 0 spiro atoms. The number of benzene rings is 2. The molecule has 2 aromatic rings. The van der Waals surface area contributed by atoms with Crippen molar-refractivity contribution in [1.82, 2.24) is 9.80 Å². The van der Waals surface area contributed by atoms with E-state index in [0.717, 1.165) is 12.8 Å². The van der Waals surface area contributed by atoms with Gasteiger partial charge in [-0.05, 0) is 25.7 Å². The lowest BCUT2D eigenvalue weighted by Crippen LogP contribution is -2.46. The molecule has 4 aliphatic rings. The molecule has 9 nitrogen and oxygen atoms in total. The van der Waals surface area contributed by atoms with E-state index in [-0.39, 0.29) is 61.8 Å². The van der Waals surface area contributed by atoms with Crippen molar-refractivity contribution in [2.24, 2.45) is 23.7 Å². The Morgan fingerprint density at radius 3 is 1.60 bits per heavy atom. The number of fused-ring (bicyclic) bond motifs is 2. The fourth-order valence-electron chi connectivity index (χ4n) is 6.61. The average Bonchev–Trinajstić information content (AvgIpc) is 3.45. The van der Waals surface area contributed by atoms with Crippen LogP contribution < -0.4 is 0 Å². The third-order valence-corrected chi connectivity index (χ3v) is 8.84. The number of Topliss-reactive ketones (excluding diaryl/α,β-unsaturated/α-hetero) is 1. The minimum atomic E-state index is -1.96. The summed E-state index contributed by atoms with van der Waals surface area (Å²) in [5.41, 5.74) is 0.746. The average molecular weight is 583 g/mol. The lowest BCUT2D eigenvalue weighted by molar-refractivity contribution is -0.212. The Labute approximate surface area is 250 Å². The van der Waals surface area contributed by atoms with E-state index in [1.807, 2.05) is 12.2 Å². The predicted octanol–water partition coefficient (Wildman–Crippen LogP) is 3.66. The monoisotopic (exact) mass is 582 g/mol. The Morgan fingerprint density at radius 2 is 1.14 bits per heavy atom. The summed E-state index contributed by atoms with van der Waals surface area (Å²) in [6.07, 6.45) is 10.2. The van der Waals surface area contributed by atoms with Crippen LogP contribution in [0.5, 0.6) is 0 Å². The highest BCUT2D eigenvalue weighted by atomic mass is 16.7. The molecule has 2 heterocycles. The quantitative estimate of drug-likeness (QED) is 0.172. The van der Waals surface area contributed by atoms with Gasteiger partial charge in [-0.1, -0.05) is 85.0 Å². The van der Waals surface area contributed by atoms with Crippen LogP contribution in [0.4, 0.5) is 0 Å². The fraction of sp³-hybridized carbons (Fsp3) is 0.382. The Morgan fingerprint density at radius 1 is 0.674 bits per heavy atom. The highest BCUT2D eigenvalue weighted by Crippen LogP contribution is 2.37. The van der Waals surface area contributed by atoms with Crippen molar-refractivity contribution in [2.45, 2.75) is 31.5 Å². The van der Waals surface area contributed by atoms with Crippen LogP contribution in [-0.2, 0) is 34.4 Å². The first-order valence-corrected chi connectivity index (χ1v) is 14.9. The van der Waals surface area contributed by atoms with Gasteiger partial charge in [-0.2, -0.15) is 0 Å². The van der Waals surface area contributed by atoms with Gasteiger partial charge in [0.25, 0.3) is 5.79 Å². The number of allylic oxidation sites excluding steroid dienone is 2. The summed E-state index contributed by atoms with van der Waals surface area (Å²) in [5.74, 6) is -5.10. The molecule has 0 bridgehead atoms. The molecule has 43 heavy (non-hydrogen) atoms. The number of carbonyl (C=O) groups is 5. The normalized spacial score (nSPS) is 26.0. The van der Waals surface area contributed by atoms with E-state index in [1.54, 1.807) is 72.8 Å². The van der Waals surface area contributed by atoms with Crippen LogP contribution in [0, 0.1) is 23.7 Å². The number of hydrogen-bond acceptors (Lipinski definition) is 7. The number of carbonyl (C=O) groups excluding carboxylic acids is 5. The van der Waals surface area contributed by atoms with E-state index in [2.05, 4.69) is 0 Å². The summed E-state index contributed by atoms with van der Waals surface area (Å²) in [7, 11) is 0. The number of nitrogens with zero attached hydrogens (tertiary/aromatic N) is 2. The molecule has 9 heteroatoms. The number of rotatable bonds is 11. The molecule has 2 aliphatic heterocycles. The molecule has 222 valence electrons. The third kappa shape index (κ3) is 5.28. The second kappa shape index (κ2) is 12.2. The molecule has 6 rings (SSSR count). The van der Waals surface area contributed by atoms with Crippen molar-refractivity contribution in [3.8, 4) is 0 Å². The Balaban J connectivity index is 1.25. The molecule has 2 fully saturated rings. The molecule has 0 radical (unpaired) electrons. The first-order valence-electron chi connectivity index (χ1n) is 14.9. The maximum absolute atomic E-state index is 14.2. The van der Waals surface area contributed by atoms with Gasteiger partial charge in [0.15, 0.2) is 0 Å². The topological polar surface area (TPSA) is 110 Å². The molecule has 2 saturated heterocycles. The first kappa shape index (κ1) is 28.9. The lowest BCUT2D eigenvalue weighted by atomic mass is 9.86. The molecular formula is C34H34N2O7. The van der Waals surface area contributed by atoms with Gasteiger partial charge in [0.05, 0.1) is 50.0 Å². The second-order valence-electron chi connectivity index (χ2n) is 11.3. The first-order chi connectivity index (χ1) is 20.9. The molecule has 0 saturated carbocycles. The molecular weight excluding hydrogens is 548 g/mol. The van der Waals surface area contributed by atoms with E-state index < -0.39 is 23.4 Å². The van der Waals surface area contributed by atoms with Crippen LogP contribution in [0.1, 0.15) is 41.6 Å². The van der Waals surface area contributed by atoms with E-state index in [4.69, 9.17) is 9.47 Å². The van der Waals surface area contributed by atoms with E-state index in [0.29, 0.717) is 24.0 Å². The maximum Gasteiger partial charge on any atom is 0.261 e. The molecule has 0 aromatic heterocycles. The smallest absolute Gasteiger partial charge is 0.261 e. The van der Waals surface area contributed by atoms with Crippen LogP contribution >= 0.6 is 0 Å². The van der Waals surface area contributed by atoms with Crippen molar-refractivity contribution < 1.29 is 33.4 Å². The number of amides is 4. The molecule has 4 unspecified atom stereocenters. The van der Waals surface area contributed by atoms with Crippen LogP contribution in [0.15, 0.2) is 85.0 Å². The summed E-state index contributed by atoms with van der Waals surface area (Å²) in [5, 5.41) is 0. The van der Waals surface area contributed by atoms with Crippen LogP contribution in [0.25, 0.3) is 0 Å². The SMILES string of the molecule is O=C1C2C=CCCC2C(=O)N1CCOC(OCCN1C(=O)C2C=CCCC2C1=O)(C(=O)c1ccccc1)c1ccccc1. The molecule has 2 aromatic carbocycles. The van der Waals surface area contributed by atoms with Crippen LogP contribution in [-0.4, -0.2) is 65.5 Å². The van der Waals surface area contributed by atoms with Gasteiger partial charge in [-0.25, -0.2) is 0 Å². The van der Waals surface area contributed by atoms with E-state index in [9.17, 15) is 24.0 Å². The highest BCUT2D eigenvalue weighted by Gasteiger charge is 2.49. The minimum absolute atomic E-state index is 0.0443. The summed E-state index contributed by atoms with van der Waals surface area (Å²) >= 11 is 0. The summed E-state index contributed by atoms with van der Waals surface area (Å²) in [6.45, 7) is -0.413. The van der Waals surface area contributed by atoms with Gasteiger partial charge in [-0.3, -0.25) is 33.8 Å². The highest BCUT2D eigenvalue weighted by molar-refractivity contribution is 6.07.